The van der Waals surface area contributed by atoms with Gasteiger partial charge in [-0.1, -0.05) is 0 Å². The van der Waals surface area contributed by atoms with E-state index in [2.05, 4.69) is 31.7 Å². The molecule has 0 bridgehead atoms. The van der Waals surface area contributed by atoms with Crippen LogP contribution in [-0.4, -0.2) is 64.6 Å². The maximum atomic E-state index is 5.88. The molecule has 1 N–H and O–H groups in total. The molecule has 1 saturated heterocycles. The molecule has 7 nitrogen and oxygen atoms in total. The minimum atomic E-state index is 0.163. The second-order valence-corrected chi connectivity index (χ2v) is 6.14. The van der Waals surface area contributed by atoms with E-state index in [1.165, 1.54) is 0 Å². The summed E-state index contributed by atoms with van der Waals surface area (Å²) in [6.07, 6.45) is 3.95. The average Bonchev–Trinajstić information content (AvgIpc) is 3.20. The second-order valence-electron chi connectivity index (χ2n) is 6.14. The van der Waals surface area contributed by atoms with E-state index in [1.54, 1.807) is 7.11 Å². The molecule has 126 valence electrons. The third-order valence-electron chi connectivity index (χ3n) is 4.44. The Labute approximate surface area is 140 Å². The van der Waals surface area contributed by atoms with Gasteiger partial charge in [0, 0.05) is 30.9 Å². The fraction of sp³-hybridized carbons (Fsp3) is 0.412. The molecule has 0 radical (unpaired) electrons. The van der Waals surface area contributed by atoms with Crippen LogP contribution in [0, 0.1) is 0 Å². The normalized spacial score (nSPS) is 19.0. The predicted octanol–water partition coefficient (Wildman–Crippen LogP) is 1.77. The first-order valence-corrected chi connectivity index (χ1v) is 8.08. The number of nitrogens with zero attached hydrogens (tertiary/aromatic N) is 4. The molecule has 1 fully saturated rings. The van der Waals surface area contributed by atoms with Gasteiger partial charge in [-0.25, -0.2) is 4.98 Å². The smallest absolute Gasteiger partial charge is 0.161 e. The number of H-pyrrole nitrogens is 1. The van der Waals surface area contributed by atoms with Gasteiger partial charge in [0.05, 0.1) is 31.9 Å². The van der Waals surface area contributed by atoms with Crippen LogP contribution >= 0.6 is 0 Å². The van der Waals surface area contributed by atoms with Crippen LogP contribution in [0.5, 0.6) is 5.75 Å². The van der Waals surface area contributed by atoms with Crippen LogP contribution in [0.3, 0.4) is 0 Å². The third-order valence-corrected chi connectivity index (χ3v) is 4.44. The van der Waals surface area contributed by atoms with E-state index in [1.807, 2.05) is 30.6 Å². The monoisotopic (exact) mass is 327 g/mol. The van der Waals surface area contributed by atoms with Crippen LogP contribution in [0.25, 0.3) is 22.4 Å². The predicted molar refractivity (Wildman–Crippen MR) is 91.1 cm³/mol. The lowest BCUT2D eigenvalue weighted by atomic mass is 10.2. The van der Waals surface area contributed by atoms with Crippen LogP contribution in [0.2, 0.25) is 0 Å². The molecule has 4 rings (SSSR count). The van der Waals surface area contributed by atoms with E-state index < -0.39 is 0 Å². The van der Waals surface area contributed by atoms with Gasteiger partial charge in [0.2, 0.25) is 0 Å². The second kappa shape index (κ2) is 6.26. The number of hydrogen-bond acceptors (Lipinski definition) is 5. The van der Waals surface area contributed by atoms with Crippen molar-refractivity contribution in [3.63, 3.8) is 0 Å². The molecule has 3 heterocycles. The number of benzene rings is 1. The number of methoxy groups -OCH3 is 1. The van der Waals surface area contributed by atoms with Crippen LogP contribution in [0.1, 0.15) is 0 Å². The number of ether oxygens (including phenoxy) is 2. The Hall–Kier alpha value is -2.38. The van der Waals surface area contributed by atoms with E-state index in [9.17, 15) is 0 Å². The molecule has 0 amide bonds. The minimum Gasteiger partial charge on any atom is -0.497 e. The first-order chi connectivity index (χ1) is 11.7. The van der Waals surface area contributed by atoms with Crippen LogP contribution in [-0.2, 0) is 11.3 Å². The molecule has 1 aliphatic heterocycles. The first-order valence-electron chi connectivity index (χ1n) is 8.08. The maximum absolute atomic E-state index is 5.88. The number of imidazole rings is 1. The minimum absolute atomic E-state index is 0.163. The van der Waals surface area contributed by atoms with E-state index in [0.29, 0.717) is 0 Å². The van der Waals surface area contributed by atoms with Crippen molar-refractivity contribution in [1.29, 1.82) is 0 Å². The van der Waals surface area contributed by atoms with Gasteiger partial charge in [0.25, 0.3) is 0 Å². The van der Waals surface area contributed by atoms with Crippen molar-refractivity contribution in [3.05, 3.63) is 30.6 Å². The molecule has 1 aliphatic rings. The summed E-state index contributed by atoms with van der Waals surface area (Å²) in [5.74, 6) is 1.65. The molecule has 3 aromatic rings. The van der Waals surface area contributed by atoms with Gasteiger partial charge in [-0.05, 0) is 25.2 Å². The lowest BCUT2D eigenvalue weighted by Gasteiger charge is -2.30. The highest BCUT2D eigenvalue weighted by atomic mass is 16.5. The molecular weight excluding hydrogens is 306 g/mol. The molecule has 1 unspecified atom stereocenters. The Morgan fingerprint density at radius 3 is 3.17 bits per heavy atom. The van der Waals surface area contributed by atoms with Gasteiger partial charge >= 0.3 is 0 Å². The van der Waals surface area contributed by atoms with Gasteiger partial charge in [-0.15, -0.1) is 0 Å². The summed E-state index contributed by atoms with van der Waals surface area (Å²) in [4.78, 5) is 6.81. The highest BCUT2D eigenvalue weighted by Crippen LogP contribution is 2.28. The van der Waals surface area contributed by atoms with Gasteiger partial charge in [0.1, 0.15) is 11.4 Å². The first kappa shape index (κ1) is 15.2. The van der Waals surface area contributed by atoms with Crippen molar-refractivity contribution in [2.45, 2.75) is 12.6 Å². The summed E-state index contributed by atoms with van der Waals surface area (Å²) in [6, 6.07) is 5.87. The summed E-state index contributed by atoms with van der Waals surface area (Å²) in [7, 11) is 3.79. The number of aromatic amines is 1. The van der Waals surface area contributed by atoms with Crippen molar-refractivity contribution in [1.82, 2.24) is 24.6 Å². The van der Waals surface area contributed by atoms with E-state index in [-0.39, 0.29) is 6.10 Å². The number of fused-ring (bicyclic) bond motifs is 1. The van der Waals surface area contributed by atoms with Crippen molar-refractivity contribution in [2.24, 2.45) is 0 Å². The van der Waals surface area contributed by atoms with Crippen LogP contribution < -0.4 is 4.74 Å². The highest BCUT2D eigenvalue weighted by molar-refractivity contribution is 5.92. The van der Waals surface area contributed by atoms with Gasteiger partial charge in [0.15, 0.2) is 5.82 Å². The summed E-state index contributed by atoms with van der Waals surface area (Å²) in [5, 5.41) is 8.54. The summed E-state index contributed by atoms with van der Waals surface area (Å²) >= 11 is 0. The fourth-order valence-electron chi connectivity index (χ4n) is 3.16. The Bertz CT molecular complexity index is 840. The van der Waals surface area contributed by atoms with Crippen LogP contribution in [0.4, 0.5) is 0 Å². The highest BCUT2D eigenvalue weighted by Gasteiger charge is 2.21. The number of aromatic nitrogens is 4. The number of likely N-dealkylation sites (N-methyl/N-ethyl adjacent to an activating group) is 1. The standard InChI is InChI=1S/C17H21N5O2/c1-21-7-8-24-13(10-21)11-22-6-5-18-17(22)16-14-9-12(23-2)3-4-15(14)19-20-16/h3-6,9,13H,7-8,10-11H2,1-2H3,(H,19,20). The van der Waals surface area contributed by atoms with E-state index in [0.717, 1.165) is 54.4 Å². The van der Waals surface area contributed by atoms with Crippen LogP contribution in [0.15, 0.2) is 30.6 Å². The third kappa shape index (κ3) is 2.76. The van der Waals surface area contributed by atoms with Crippen molar-refractivity contribution in [2.75, 3.05) is 33.9 Å². The Balaban J connectivity index is 1.67. The lowest BCUT2D eigenvalue weighted by Crippen LogP contribution is -2.41. The molecule has 1 atom stereocenters. The zero-order chi connectivity index (χ0) is 16.5. The maximum Gasteiger partial charge on any atom is 0.161 e. The zero-order valence-electron chi connectivity index (χ0n) is 13.9. The Morgan fingerprint density at radius 2 is 2.33 bits per heavy atom. The van der Waals surface area contributed by atoms with Crippen molar-refractivity contribution >= 4 is 10.9 Å². The fourth-order valence-corrected chi connectivity index (χ4v) is 3.16. The summed E-state index contributed by atoms with van der Waals surface area (Å²) in [5.41, 5.74) is 1.80. The van der Waals surface area contributed by atoms with Gasteiger partial charge in [-0.2, -0.15) is 5.10 Å². The largest absolute Gasteiger partial charge is 0.497 e. The number of nitrogens with one attached hydrogen (secondary N) is 1. The molecule has 7 heteroatoms. The summed E-state index contributed by atoms with van der Waals surface area (Å²) < 4.78 is 13.3. The summed E-state index contributed by atoms with van der Waals surface area (Å²) in [6.45, 7) is 3.44. The molecule has 1 aromatic carbocycles. The molecule has 0 saturated carbocycles. The lowest BCUT2D eigenvalue weighted by molar-refractivity contribution is -0.0272. The van der Waals surface area contributed by atoms with E-state index >= 15 is 0 Å². The van der Waals surface area contributed by atoms with Crippen molar-refractivity contribution < 1.29 is 9.47 Å². The molecule has 24 heavy (non-hydrogen) atoms. The zero-order valence-corrected chi connectivity index (χ0v) is 13.9. The average molecular weight is 327 g/mol. The number of hydrogen-bond donors (Lipinski definition) is 1. The van der Waals surface area contributed by atoms with Gasteiger partial charge in [-0.3, -0.25) is 5.10 Å². The number of rotatable bonds is 4. The SMILES string of the molecule is COc1ccc2[nH]nc(-c3nccn3CC3CN(C)CCO3)c2c1. The Kier molecular flexibility index (Phi) is 3.95. The number of morpholine rings is 1. The Morgan fingerprint density at radius 1 is 1.42 bits per heavy atom. The molecule has 0 aliphatic carbocycles. The van der Waals surface area contributed by atoms with Crippen molar-refractivity contribution in [3.8, 4) is 17.3 Å². The molecule has 0 spiro atoms. The quantitative estimate of drug-likeness (QED) is 0.791. The van der Waals surface area contributed by atoms with E-state index in [4.69, 9.17) is 9.47 Å². The molecular formula is C17H21N5O2. The van der Waals surface area contributed by atoms with Gasteiger partial charge < -0.3 is 18.9 Å². The molecule has 2 aromatic heterocycles. The topological polar surface area (TPSA) is 68.2 Å².